The molecular formula is C18H28N2O4S. The van der Waals surface area contributed by atoms with E-state index in [1.807, 2.05) is 24.3 Å². The highest BCUT2D eigenvalue weighted by Crippen LogP contribution is 2.18. The molecule has 2 rings (SSSR count). The Kier molecular flexibility index (Phi) is 6.59. The zero-order valence-corrected chi connectivity index (χ0v) is 16.2. The lowest BCUT2D eigenvalue weighted by Crippen LogP contribution is -2.44. The van der Waals surface area contributed by atoms with Gasteiger partial charge in [-0.1, -0.05) is 38.1 Å². The van der Waals surface area contributed by atoms with E-state index in [-0.39, 0.29) is 30.0 Å². The molecule has 1 aliphatic heterocycles. The maximum Gasteiger partial charge on any atom is 0.224 e. The molecular weight excluding hydrogens is 340 g/mol. The Morgan fingerprint density at radius 2 is 1.88 bits per heavy atom. The van der Waals surface area contributed by atoms with Gasteiger partial charge in [-0.15, -0.1) is 0 Å². The Labute approximate surface area is 150 Å². The first-order valence-corrected chi connectivity index (χ1v) is 10.2. The van der Waals surface area contributed by atoms with Crippen LogP contribution in [0.1, 0.15) is 30.9 Å². The number of hydrogen-bond acceptors (Lipinski definition) is 4. The summed E-state index contributed by atoms with van der Waals surface area (Å²) in [4.78, 5) is 12.3. The highest BCUT2D eigenvalue weighted by atomic mass is 32.2. The number of rotatable bonds is 7. The number of nitrogens with zero attached hydrogens (tertiary/aromatic N) is 1. The summed E-state index contributed by atoms with van der Waals surface area (Å²) < 4.78 is 30.7. The third kappa shape index (κ3) is 5.52. The third-order valence-electron chi connectivity index (χ3n) is 4.54. The van der Waals surface area contributed by atoms with Crippen molar-refractivity contribution in [2.75, 3.05) is 33.1 Å². The number of nitrogens with one attached hydrogen (secondary N) is 1. The van der Waals surface area contributed by atoms with E-state index >= 15 is 0 Å². The highest BCUT2D eigenvalue weighted by Gasteiger charge is 2.34. The molecule has 1 aromatic rings. The minimum atomic E-state index is -3.32. The van der Waals surface area contributed by atoms with Gasteiger partial charge in [-0.05, 0) is 17.0 Å². The van der Waals surface area contributed by atoms with Crippen LogP contribution in [0.3, 0.4) is 0 Å². The molecule has 0 aromatic heterocycles. The van der Waals surface area contributed by atoms with Gasteiger partial charge in [-0.25, -0.2) is 12.7 Å². The lowest BCUT2D eigenvalue weighted by molar-refractivity contribution is -0.121. The smallest absolute Gasteiger partial charge is 0.224 e. The van der Waals surface area contributed by atoms with Gasteiger partial charge in [0.1, 0.15) is 0 Å². The van der Waals surface area contributed by atoms with Crippen molar-refractivity contribution >= 4 is 15.9 Å². The van der Waals surface area contributed by atoms with Crippen LogP contribution in [-0.2, 0) is 26.0 Å². The van der Waals surface area contributed by atoms with Crippen LogP contribution in [0.15, 0.2) is 24.3 Å². The van der Waals surface area contributed by atoms with E-state index < -0.39 is 10.0 Å². The van der Waals surface area contributed by atoms with Gasteiger partial charge in [0.25, 0.3) is 0 Å². The molecule has 1 fully saturated rings. The number of benzene rings is 1. The van der Waals surface area contributed by atoms with Gasteiger partial charge < -0.3 is 10.1 Å². The van der Waals surface area contributed by atoms with Crippen molar-refractivity contribution in [1.82, 2.24) is 9.62 Å². The number of ether oxygens (including phenoxy) is 1. The monoisotopic (exact) mass is 368 g/mol. The normalized spacial score (nSPS) is 21.0. The average Bonchev–Trinajstić information content (AvgIpc) is 2.93. The van der Waals surface area contributed by atoms with Crippen LogP contribution in [0.4, 0.5) is 0 Å². The summed E-state index contributed by atoms with van der Waals surface area (Å²) in [6, 6.07) is 7.75. The fourth-order valence-electron chi connectivity index (χ4n) is 2.81. The van der Waals surface area contributed by atoms with Crippen LogP contribution in [0, 0.1) is 5.92 Å². The highest BCUT2D eigenvalue weighted by molar-refractivity contribution is 7.89. The van der Waals surface area contributed by atoms with Crippen LogP contribution in [0.25, 0.3) is 0 Å². The van der Waals surface area contributed by atoms with Gasteiger partial charge >= 0.3 is 0 Å². The third-order valence-corrected chi connectivity index (χ3v) is 6.50. The van der Waals surface area contributed by atoms with E-state index in [9.17, 15) is 13.2 Å². The van der Waals surface area contributed by atoms with Crippen LogP contribution in [0.5, 0.6) is 0 Å². The molecule has 1 saturated heterocycles. The number of sulfonamides is 1. The Morgan fingerprint density at radius 3 is 2.44 bits per heavy atom. The van der Waals surface area contributed by atoms with Gasteiger partial charge in [0.15, 0.2) is 0 Å². The number of hydrogen-bond donors (Lipinski definition) is 1. The minimum Gasteiger partial charge on any atom is -0.379 e. The summed E-state index contributed by atoms with van der Waals surface area (Å²) >= 11 is 0. The number of carbonyl (C=O) groups is 1. The molecule has 0 spiro atoms. The maximum atomic E-state index is 12.3. The molecule has 0 unspecified atom stereocenters. The lowest BCUT2D eigenvalue weighted by Gasteiger charge is -2.21. The van der Waals surface area contributed by atoms with Crippen molar-refractivity contribution < 1.29 is 17.9 Å². The minimum absolute atomic E-state index is 0.0198. The van der Waals surface area contributed by atoms with E-state index in [2.05, 4.69) is 19.2 Å². The summed E-state index contributed by atoms with van der Waals surface area (Å²) in [5.74, 6) is 0.103. The van der Waals surface area contributed by atoms with Crippen molar-refractivity contribution in [2.45, 2.75) is 32.2 Å². The van der Waals surface area contributed by atoms with Gasteiger partial charge in [-0.3, -0.25) is 4.79 Å². The summed E-state index contributed by atoms with van der Waals surface area (Å²) in [6.07, 6.45) is 0.280. The Bertz CT molecular complexity index is 684. The predicted octanol–water partition coefficient (Wildman–Crippen LogP) is 1.38. The molecule has 140 valence electrons. The predicted molar refractivity (Wildman–Crippen MR) is 97.9 cm³/mol. The molecule has 25 heavy (non-hydrogen) atoms. The van der Waals surface area contributed by atoms with E-state index in [4.69, 9.17) is 4.74 Å². The van der Waals surface area contributed by atoms with Crippen molar-refractivity contribution in [3.8, 4) is 0 Å². The standard InChI is InChI=1S/C18H28N2O4S/c1-13(2)15-7-5-14(6-8-15)9-18(21)19-17-11-24-10-16(17)12-25(22,23)20(3)4/h5-8,13,16-17H,9-12H2,1-4H3,(H,19,21)/t16-,17+/m0/s1. The van der Waals surface area contributed by atoms with Gasteiger partial charge in [0, 0.05) is 20.0 Å². The summed E-state index contributed by atoms with van der Waals surface area (Å²) in [7, 11) is -0.293. The van der Waals surface area contributed by atoms with Crippen LogP contribution in [0.2, 0.25) is 0 Å². The summed E-state index contributed by atoms with van der Waals surface area (Å²) in [6.45, 7) is 4.96. The molecule has 0 bridgehead atoms. The van der Waals surface area contributed by atoms with E-state index in [1.54, 1.807) is 0 Å². The molecule has 2 atom stereocenters. The van der Waals surface area contributed by atoms with Gasteiger partial charge in [-0.2, -0.15) is 0 Å². The first-order valence-electron chi connectivity index (χ1n) is 8.55. The van der Waals surface area contributed by atoms with Gasteiger partial charge in [0.05, 0.1) is 31.4 Å². The summed E-state index contributed by atoms with van der Waals surface area (Å²) in [5, 5.41) is 2.93. The first kappa shape index (κ1) is 19.9. The van der Waals surface area contributed by atoms with E-state index in [1.165, 1.54) is 24.0 Å². The maximum absolute atomic E-state index is 12.3. The fourth-order valence-corrected chi connectivity index (χ4v) is 3.97. The molecule has 0 aliphatic carbocycles. The largest absolute Gasteiger partial charge is 0.379 e. The molecule has 1 N–H and O–H groups in total. The number of amides is 1. The number of carbonyl (C=O) groups excluding carboxylic acids is 1. The second kappa shape index (κ2) is 8.29. The lowest BCUT2D eigenvalue weighted by atomic mass is 10.0. The van der Waals surface area contributed by atoms with Crippen molar-refractivity contribution in [2.24, 2.45) is 5.92 Å². The summed E-state index contributed by atoms with van der Waals surface area (Å²) in [5.41, 5.74) is 2.18. The van der Waals surface area contributed by atoms with Crippen LogP contribution < -0.4 is 5.32 Å². The van der Waals surface area contributed by atoms with Crippen LogP contribution >= 0.6 is 0 Å². The molecule has 0 radical (unpaired) electrons. The molecule has 7 heteroatoms. The Morgan fingerprint density at radius 1 is 1.24 bits per heavy atom. The quantitative estimate of drug-likeness (QED) is 0.789. The molecule has 1 aliphatic rings. The Hall–Kier alpha value is -1.44. The fraction of sp³-hybridized carbons (Fsp3) is 0.611. The SMILES string of the molecule is CC(C)c1ccc(CC(=O)N[C@@H]2COC[C@H]2CS(=O)(=O)N(C)C)cc1. The van der Waals surface area contributed by atoms with E-state index in [0.717, 1.165) is 5.56 Å². The van der Waals surface area contributed by atoms with Gasteiger partial charge in [0.2, 0.25) is 15.9 Å². The molecule has 1 aromatic carbocycles. The van der Waals surface area contributed by atoms with Crippen molar-refractivity contribution in [1.29, 1.82) is 0 Å². The topological polar surface area (TPSA) is 75.7 Å². The Balaban J connectivity index is 1.92. The second-order valence-electron chi connectivity index (χ2n) is 7.11. The second-order valence-corrected chi connectivity index (χ2v) is 9.33. The average molecular weight is 368 g/mol. The molecule has 6 nitrogen and oxygen atoms in total. The van der Waals surface area contributed by atoms with Crippen molar-refractivity contribution in [3.05, 3.63) is 35.4 Å². The zero-order chi connectivity index (χ0) is 18.6. The van der Waals surface area contributed by atoms with Crippen LogP contribution in [-0.4, -0.2) is 57.7 Å². The van der Waals surface area contributed by atoms with E-state index in [0.29, 0.717) is 19.1 Å². The molecule has 0 saturated carbocycles. The molecule has 1 amide bonds. The molecule has 1 heterocycles. The zero-order valence-electron chi connectivity index (χ0n) is 15.4. The van der Waals surface area contributed by atoms with Crippen molar-refractivity contribution in [3.63, 3.8) is 0 Å². The first-order chi connectivity index (χ1) is 11.7.